The number of aliphatic carboxylic acids is 1. The summed E-state index contributed by atoms with van der Waals surface area (Å²) in [5.41, 5.74) is 2.72. The van der Waals surface area contributed by atoms with Crippen molar-refractivity contribution in [2.75, 3.05) is 13.1 Å². The first-order valence-corrected chi connectivity index (χ1v) is 15.2. The quantitative estimate of drug-likeness (QED) is 0.162. The molecule has 2 N–H and O–H groups in total. The summed E-state index contributed by atoms with van der Waals surface area (Å²) in [6.45, 7) is 1.74. The van der Waals surface area contributed by atoms with Gasteiger partial charge in [-0.25, -0.2) is 9.18 Å². The van der Waals surface area contributed by atoms with Gasteiger partial charge in [-0.05, 0) is 68.4 Å². The molecular formula is C31H24ClF4N5O4S. The Hall–Kier alpha value is -4.40. The third-order valence-electron chi connectivity index (χ3n) is 7.82. The maximum Gasteiger partial charge on any atom is 0.490 e. The standard InChI is InChI=1S/C29H23ClFN5O2S.C2HF3O2/c30-18-12-17-4-11-35(16-29(31)5-9-32-10-6-29)25(17)22(13-18)20-3-8-33-23-14-19(39-26(20)23)15-36-27(37)21-2-1-7-34-24(21)28(36)38;3-2(4,5)1(6)7/h1-4,7-8,11-14,32H,5-6,9-10,15-16H2;(H,6,7). The number of carbonyl (C=O) groups is 3. The lowest BCUT2D eigenvalue weighted by Crippen LogP contribution is -2.41. The Morgan fingerprint density at radius 3 is 2.46 bits per heavy atom. The fourth-order valence-electron chi connectivity index (χ4n) is 5.68. The third-order valence-corrected chi connectivity index (χ3v) is 9.18. The van der Waals surface area contributed by atoms with E-state index in [0.29, 0.717) is 36.5 Å². The molecule has 7 rings (SSSR count). The smallest absolute Gasteiger partial charge is 0.475 e. The molecule has 1 aromatic carbocycles. The fourth-order valence-corrected chi connectivity index (χ4v) is 7.04. The number of halogens is 5. The van der Waals surface area contributed by atoms with Crippen LogP contribution in [0.4, 0.5) is 17.6 Å². The molecule has 0 bridgehead atoms. The first-order valence-electron chi connectivity index (χ1n) is 14.0. The number of nitrogens with zero attached hydrogens (tertiary/aromatic N) is 4. The summed E-state index contributed by atoms with van der Waals surface area (Å²) < 4.78 is 50.4. The van der Waals surface area contributed by atoms with E-state index in [2.05, 4.69) is 15.3 Å². The van der Waals surface area contributed by atoms with Crippen molar-refractivity contribution in [3.8, 4) is 11.1 Å². The highest BCUT2D eigenvalue weighted by Gasteiger charge is 2.39. The molecule has 0 unspecified atom stereocenters. The molecule has 0 radical (unpaired) electrons. The Morgan fingerprint density at radius 2 is 1.76 bits per heavy atom. The zero-order valence-corrected chi connectivity index (χ0v) is 25.3. The second-order valence-electron chi connectivity index (χ2n) is 10.9. The molecule has 238 valence electrons. The van der Waals surface area contributed by atoms with Crippen LogP contribution in [0.5, 0.6) is 0 Å². The van der Waals surface area contributed by atoms with Crippen molar-refractivity contribution in [3.05, 3.63) is 82.2 Å². The van der Waals surface area contributed by atoms with Crippen LogP contribution in [-0.4, -0.2) is 67.3 Å². The van der Waals surface area contributed by atoms with Crippen molar-refractivity contribution < 1.29 is 37.1 Å². The number of amides is 2. The predicted molar refractivity (Wildman–Crippen MR) is 164 cm³/mol. The average Bonchev–Trinajstić information content (AvgIpc) is 3.68. The number of carbonyl (C=O) groups excluding carboxylic acids is 2. The number of benzene rings is 1. The van der Waals surface area contributed by atoms with E-state index < -0.39 is 23.7 Å². The van der Waals surface area contributed by atoms with Crippen LogP contribution in [-0.2, 0) is 17.9 Å². The molecule has 5 aromatic rings. The van der Waals surface area contributed by atoms with Crippen LogP contribution in [0.1, 0.15) is 38.6 Å². The van der Waals surface area contributed by atoms with Gasteiger partial charge >= 0.3 is 12.1 Å². The lowest BCUT2D eigenvalue weighted by Gasteiger charge is -2.31. The van der Waals surface area contributed by atoms with Crippen LogP contribution in [0.3, 0.4) is 0 Å². The molecule has 2 aliphatic rings. The van der Waals surface area contributed by atoms with Gasteiger partial charge in [-0.2, -0.15) is 13.2 Å². The van der Waals surface area contributed by atoms with Gasteiger partial charge in [0.2, 0.25) is 0 Å². The third kappa shape index (κ3) is 6.07. The van der Waals surface area contributed by atoms with Gasteiger partial charge in [-0.1, -0.05) is 11.6 Å². The molecule has 9 nitrogen and oxygen atoms in total. The minimum absolute atomic E-state index is 0.133. The van der Waals surface area contributed by atoms with Gasteiger partial charge in [0.15, 0.2) is 0 Å². The molecule has 1 saturated heterocycles. The Morgan fingerprint density at radius 1 is 1.02 bits per heavy atom. The number of pyridine rings is 2. The lowest BCUT2D eigenvalue weighted by molar-refractivity contribution is -0.192. The highest BCUT2D eigenvalue weighted by molar-refractivity contribution is 7.19. The number of carboxylic acids is 1. The maximum absolute atomic E-state index is 15.7. The minimum Gasteiger partial charge on any atom is -0.475 e. The van der Waals surface area contributed by atoms with Gasteiger partial charge in [0.05, 0.1) is 34.4 Å². The Balaban J connectivity index is 0.000000480. The van der Waals surface area contributed by atoms with Crippen LogP contribution < -0.4 is 5.32 Å². The van der Waals surface area contributed by atoms with Crippen LogP contribution in [0.25, 0.3) is 32.2 Å². The molecule has 15 heteroatoms. The van der Waals surface area contributed by atoms with Gasteiger partial charge in [-0.15, -0.1) is 11.3 Å². The number of hydrogen-bond acceptors (Lipinski definition) is 7. The Kier molecular flexibility index (Phi) is 8.29. The van der Waals surface area contributed by atoms with Gasteiger partial charge in [0.1, 0.15) is 11.4 Å². The summed E-state index contributed by atoms with van der Waals surface area (Å²) in [5, 5.41) is 11.9. The summed E-state index contributed by atoms with van der Waals surface area (Å²) in [5.74, 6) is -3.50. The molecule has 0 saturated carbocycles. The number of nitrogens with one attached hydrogen (secondary N) is 1. The fraction of sp³-hybridized carbons (Fsp3) is 0.258. The maximum atomic E-state index is 15.7. The molecule has 0 aliphatic carbocycles. The highest BCUT2D eigenvalue weighted by Crippen LogP contribution is 2.40. The minimum atomic E-state index is -5.08. The Labute approximate surface area is 267 Å². The van der Waals surface area contributed by atoms with Crippen molar-refractivity contribution in [1.82, 2.24) is 24.8 Å². The van der Waals surface area contributed by atoms with Gasteiger partial charge in [0.25, 0.3) is 11.8 Å². The number of rotatable bonds is 5. The number of alkyl halides is 4. The second kappa shape index (κ2) is 12.1. The van der Waals surface area contributed by atoms with Crippen LogP contribution >= 0.6 is 22.9 Å². The molecular weight excluding hydrogens is 650 g/mol. The van der Waals surface area contributed by atoms with E-state index in [1.807, 2.05) is 41.1 Å². The monoisotopic (exact) mass is 673 g/mol. The van der Waals surface area contributed by atoms with E-state index in [-0.39, 0.29) is 24.7 Å². The molecule has 2 aliphatic heterocycles. The van der Waals surface area contributed by atoms with Crippen molar-refractivity contribution in [1.29, 1.82) is 0 Å². The average molecular weight is 674 g/mol. The van der Waals surface area contributed by atoms with Crippen LogP contribution in [0, 0.1) is 0 Å². The van der Waals surface area contributed by atoms with Crippen molar-refractivity contribution >= 4 is 61.8 Å². The molecule has 1 fully saturated rings. The number of piperidine rings is 1. The number of carboxylic acid groups (broad SMARTS) is 1. The summed E-state index contributed by atoms with van der Waals surface area (Å²) in [6, 6.07) is 12.9. The molecule has 46 heavy (non-hydrogen) atoms. The van der Waals surface area contributed by atoms with Gasteiger partial charge in [0, 0.05) is 45.0 Å². The zero-order chi connectivity index (χ0) is 32.8. The van der Waals surface area contributed by atoms with Crippen LogP contribution in [0.2, 0.25) is 5.02 Å². The van der Waals surface area contributed by atoms with E-state index >= 15 is 4.39 Å². The summed E-state index contributed by atoms with van der Waals surface area (Å²) in [6.07, 6.45) is 1.04. The summed E-state index contributed by atoms with van der Waals surface area (Å²) in [7, 11) is 0. The van der Waals surface area contributed by atoms with E-state index in [1.54, 1.807) is 18.3 Å². The van der Waals surface area contributed by atoms with Crippen molar-refractivity contribution in [2.45, 2.75) is 37.8 Å². The van der Waals surface area contributed by atoms with E-state index in [0.717, 1.165) is 37.1 Å². The highest BCUT2D eigenvalue weighted by atomic mass is 35.5. The topological polar surface area (TPSA) is 117 Å². The van der Waals surface area contributed by atoms with Crippen molar-refractivity contribution in [2.24, 2.45) is 0 Å². The summed E-state index contributed by atoms with van der Waals surface area (Å²) in [4.78, 5) is 45.4. The molecule has 0 atom stereocenters. The van der Waals surface area contributed by atoms with Crippen LogP contribution in [0.15, 0.2) is 61.1 Å². The zero-order valence-electron chi connectivity index (χ0n) is 23.8. The van der Waals surface area contributed by atoms with Gasteiger partial charge < -0.3 is 15.0 Å². The SMILES string of the molecule is O=C(O)C(F)(F)F.O=C1c2cccnc2C(=O)N1Cc1cc2nccc(-c3cc(Cl)cc4ccn(CC5(F)CCNCC5)c34)c2s1. The lowest BCUT2D eigenvalue weighted by atomic mass is 9.94. The van der Waals surface area contributed by atoms with E-state index in [4.69, 9.17) is 21.5 Å². The normalized spacial score (nSPS) is 16.1. The molecule has 2 amide bonds. The predicted octanol–water partition coefficient (Wildman–Crippen LogP) is 6.49. The molecule has 4 aromatic heterocycles. The van der Waals surface area contributed by atoms with E-state index in [9.17, 15) is 22.8 Å². The largest absolute Gasteiger partial charge is 0.490 e. The number of hydrogen-bond donors (Lipinski definition) is 2. The first-order chi connectivity index (χ1) is 21.8. The van der Waals surface area contributed by atoms with Crippen molar-refractivity contribution in [3.63, 3.8) is 0 Å². The molecule has 0 spiro atoms. The molecule has 6 heterocycles. The number of thiophene rings is 1. The van der Waals surface area contributed by atoms with E-state index in [1.165, 1.54) is 22.4 Å². The second-order valence-corrected chi connectivity index (χ2v) is 12.5. The first kappa shape index (κ1) is 31.6. The number of fused-ring (bicyclic) bond motifs is 3. The number of aromatic nitrogens is 3. The van der Waals surface area contributed by atoms with Gasteiger partial charge in [-0.3, -0.25) is 24.5 Å². The number of imide groups is 1. The summed E-state index contributed by atoms with van der Waals surface area (Å²) >= 11 is 8.04. The Bertz CT molecular complexity index is 1970.